The van der Waals surface area contributed by atoms with Gasteiger partial charge in [0.2, 0.25) is 0 Å². The van der Waals surface area contributed by atoms with Crippen molar-refractivity contribution in [3.8, 4) is 22.9 Å². The Hall–Kier alpha value is -2.34. The quantitative estimate of drug-likeness (QED) is 0.802. The molecule has 0 aliphatic heterocycles. The van der Waals surface area contributed by atoms with Crippen LogP contribution in [-0.4, -0.2) is 24.2 Å². The second kappa shape index (κ2) is 4.97. The Morgan fingerprint density at radius 3 is 2.70 bits per heavy atom. The summed E-state index contributed by atoms with van der Waals surface area (Å²) in [7, 11) is 3.22. The van der Waals surface area contributed by atoms with Crippen molar-refractivity contribution in [1.82, 2.24) is 9.97 Å². The molecule has 102 valence electrons. The van der Waals surface area contributed by atoms with Crippen LogP contribution in [0.5, 0.6) is 11.5 Å². The number of nitrogens with two attached hydrogens (primary N) is 1. The maximum atomic E-state index is 5.99. The monoisotopic (exact) mass is 287 g/mol. The van der Waals surface area contributed by atoms with E-state index in [4.69, 9.17) is 15.2 Å². The first-order chi connectivity index (χ1) is 9.72. The van der Waals surface area contributed by atoms with Crippen molar-refractivity contribution in [1.29, 1.82) is 0 Å². The highest BCUT2D eigenvalue weighted by Crippen LogP contribution is 2.34. The number of ether oxygens (including phenoxy) is 2. The van der Waals surface area contributed by atoms with Gasteiger partial charge in [0.1, 0.15) is 17.3 Å². The summed E-state index contributed by atoms with van der Waals surface area (Å²) in [6.45, 7) is 0. The number of nitrogen functional groups attached to an aromatic ring is 1. The molecule has 0 saturated carbocycles. The minimum Gasteiger partial charge on any atom is -0.497 e. The minimum atomic E-state index is 0.477. The summed E-state index contributed by atoms with van der Waals surface area (Å²) in [5.41, 5.74) is 7.58. The lowest BCUT2D eigenvalue weighted by Gasteiger charge is -2.10. The molecule has 0 spiro atoms. The summed E-state index contributed by atoms with van der Waals surface area (Å²) < 4.78 is 11.5. The van der Waals surface area contributed by atoms with Crippen LogP contribution in [0.25, 0.3) is 21.6 Å². The van der Waals surface area contributed by atoms with E-state index in [0.717, 1.165) is 15.8 Å². The zero-order valence-electron chi connectivity index (χ0n) is 11.1. The van der Waals surface area contributed by atoms with Crippen LogP contribution in [0.3, 0.4) is 0 Å². The zero-order chi connectivity index (χ0) is 14.1. The summed E-state index contributed by atoms with van der Waals surface area (Å²) in [4.78, 5) is 8.90. The van der Waals surface area contributed by atoms with E-state index in [1.807, 2.05) is 29.6 Å². The van der Waals surface area contributed by atoms with Crippen LogP contribution < -0.4 is 15.2 Å². The van der Waals surface area contributed by atoms with E-state index >= 15 is 0 Å². The summed E-state index contributed by atoms with van der Waals surface area (Å²) in [5, 5.41) is 1.95. The predicted octanol–water partition coefficient (Wildman–Crippen LogP) is 2.96. The highest BCUT2D eigenvalue weighted by Gasteiger charge is 2.13. The molecule has 1 aromatic carbocycles. The fourth-order valence-electron chi connectivity index (χ4n) is 2.00. The second-order valence-electron chi connectivity index (χ2n) is 4.13. The van der Waals surface area contributed by atoms with Gasteiger partial charge < -0.3 is 15.2 Å². The molecule has 2 aromatic heterocycles. The van der Waals surface area contributed by atoms with Gasteiger partial charge in [-0.25, -0.2) is 9.97 Å². The molecule has 0 aliphatic carbocycles. The van der Waals surface area contributed by atoms with Gasteiger partial charge in [-0.15, -0.1) is 11.3 Å². The van der Waals surface area contributed by atoms with Crippen molar-refractivity contribution in [3.05, 3.63) is 29.6 Å². The van der Waals surface area contributed by atoms with Gasteiger partial charge in [0.15, 0.2) is 5.82 Å². The number of thiophene rings is 1. The highest BCUT2D eigenvalue weighted by molar-refractivity contribution is 7.17. The SMILES string of the molecule is COc1ccc(OC)c(-c2nc(N)c3sccc3n2)c1. The Balaban J connectivity index is 2.23. The first kappa shape index (κ1) is 12.7. The standard InChI is InChI=1S/C14H13N3O2S/c1-18-8-3-4-11(19-2)9(7-8)14-16-10-5-6-20-12(10)13(15)17-14/h3-7H,1-2H3,(H2,15,16,17). The van der Waals surface area contributed by atoms with E-state index in [2.05, 4.69) is 9.97 Å². The maximum Gasteiger partial charge on any atom is 0.166 e. The van der Waals surface area contributed by atoms with Crippen molar-refractivity contribution in [2.45, 2.75) is 0 Å². The van der Waals surface area contributed by atoms with Crippen molar-refractivity contribution in [2.75, 3.05) is 20.0 Å². The van der Waals surface area contributed by atoms with Gasteiger partial charge in [-0.1, -0.05) is 0 Å². The third-order valence-corrected chi connectivity index (χ3v) is 3.90. The molecule has 3 rings (SSSR count). The molecule has 0 unspecified atom stereocenters. The van der Waals surface area contributed by atoms with Crippen LogP contribution in [0, 0.1) is 0 Å². The molecule has 6 heteroatoms. The van der Waals surface area contributed by atoms with Gasteiger partial charge in [-0.3, -0.25) is 0 Å². The number of methoxy groups -OCH3 is 2. The van der Waals surface area contributed by atoms with Gasteiger partial charge >= 0.3 is 0 Å². The Kier molecular flexibility index (Phi) is 3.15. The molecule has 20 heavy (non-hydrogen) atoms. The predicted molar refractivity (Wildman–Crippen MR) is 80.4 cm³/mol. The van der Waals surface area contributed by atoms with E-state index in [9.17, 15) is 0 Å². The molecular weight excluding hydrogens is 274 g/mol. The number of fused-ring (bicyclic) bond motifs is 1. The largest absolute Gasteiger partial charge is 0.497 e. The molecule has 2 heterocycles. The van der Waals surface area contributed by atoms with Gasteiger partial charge in [0.05, 0.1) is 30.0 Å². The number of aromatic nitrogens is 2. The third kappa shape index (κ3) is 2.04. The van der Waals surface area contributed by atoms with E-state index in [1.54, 1.807) is 14.2 Å². The first-order valence-corrected chi connectivity index (χ1v) is 6.84. The Labute approximate surface area is 120 Å². The number of anilines is 1. The van der Waals surface area contributed by atoms with Crippen LogP contribution in [0.15, 0.2) is 29.6 Å². The Morgan fingerprint density at radius 1 is 1.10 bits per heavy atom. The number of hydrogen-bond donors (Lipinski definition) is 1. The van der Waals surface area contributed by atoms with Crippen molar-refractivity contribution in [2.24, 2.45) is 0 Å². The summed E-state index contributed by atoms with van der Waals surface area (Å²) in [5.74, 6) is 2.40. The summed E-state index contributed by atoms with van der Waals surface area (Å²) in [6, 6.07) is 7.42. The lowest BCUT2D eigenvalue weighted by Crippen LogP contribution is -1.98. The normalized spacial score (nSPS) is 10.7. The van der Waals surface area contributed by atoms with Gasteiger partial charge in [0, 0.05) is 0 Å². The minimum absolute atomic E-state index is 0.477. The fourth-order valence-corrected chi connectivity index (χ4v) is 2.73. The first-order valence-electron chi connectivity index (χ1n) is 5.96. The van der Waals surface area contributed by atoms with E-state index < -0.39 is 0 Å². The molecule has 0 fully saturated rings. The smallest absolute Gasteiger partial charge is 0.166 e. The number of nitrogens with zero attached hydrogens (tertiary/aromatic N) is 2. The number of benzene rings is 1. The van der Waals surface area contributed by atoms with E-state index in [1.165, 1.54) is 11.3 Å². The molecule has 2 N–H and O–H groups in total. The molecule has 0 amide bonds. The highest BCUT2D eigenvalue weighted by atomic mass is 32.1. The summed E-state index contributed by atoms with van der Waals surface area (Å²) in [6.07, 6.45) is 0. The van der Waals surface area contributed by atoms with Crippen molar-refractivity contribution >= 4 is 27.4 Å². The fraction of sp³-hybridized carbons (Fsp3) is 0.143. The molecule has 3 aromatic rings. The molecule has 5 nitrogen and oxygen atoms in total. The maximum absolute atomic E-state index is 5.99. The molecule has 0 radical (unpaired) electrons. The van der Waals surface area contributed by atoms with Gasteiger partial charge in [0.25, 0.3) is 0 Å². The zero-order valence-corrected chi connectivity index (χ0v) is 11.9. The van der Waals surface area contributed by atoms with Gasteiger partial charge in [-0.05, 0) is 29.6 Å². The van der Waals surface area contributed by atoms with Gasteiger partial charge in [-0.2, -0.15) is 0 Å². The summed E-state index contributed by atoms with van der Waals surface area (Å²) >= 11 is 1.53. The molecular formula is C14H13N3O2S. The average molecular weight is 287 g/mol. The molecule has 0 saturated heterocycles. The van der Waals surface area contributed by atoms with E-state index in [0.29, 0.717) is 23.1 Å². The van der Waals surface area contributed by atoms with Crippen LogP contribution in [0.2, 0.25) is 0 Å². The molecule has 0 bridgehead atoms. The second-order valence-corrected chi connectivity index (χ2v) is 5.05. The van der Waals surface area contributed by atoms with Crippen LogP contribution in [-0.2, 0) is 0 Å². The lowest BCUT2D eigenvalue weighted by atomic mass is 10.1. The third-order valence-electron chi connectivity index (χ3n) is 2.98. The van der Waals surface area contributed by atoms with Crippen molar-refractivity contribution < 1.29 is 9.47 Å². The van der Waals surface area contributed by atoms with E-state index in [-0.39, 0.29) is 0 Å². The average Bonchev–Trinajstić information content (AvgIpc) is 2.95. The Morgan fingerprint density at radius 2 is 1.95 bits per heavy atom. The lowest BCUT2D eigenvalue weighted by molar-refractivity contribution is 0.404. The van der Waals surface area contributed by atoms with Crippen LogP contribution in [0.1, 0.15) is 0 Å². The van der Waals surface area contributed by atoms with Crippen molar-refractivity contribution in [3.63, 3.8) is 0 Å². The molecule has 0 atom stereocenters. The van der Waals surface area contributed by atoms with Crippen LogP contribution in [0.4, 0.5) is 5.82 Å². The topological polar surface area (TPSA) is 70.3 Å². The molecule has 0 aliphatic rings. The van der Waals surface area contributed by atoms with Crippen LogP contribution >= 0.6 is 11.3 Å². The number of rotatable bonds is 3. The Bertz CT molecular complexity index is 770. The number of hydrogen-bond acceptors (Lipinski definition) is 6.